The van der Waals surface area contributed by atoms with Crippen LogP contribution in [-0.4, -0.2) is 11.7 Å². The van der Waals surface area contributed by atoms with Crippen LogP contribution in [0.3, 0.4) is 0 Å². The molecule has 2 aliphatic carbocycles. The van der Waals surface area contributed by atoms with Crippen molar-refractivity contribution in [3.8, 4) is 0 Å². The van der Waals surface area contributed by atoms with E-state index in [9.17, 15) is 5.11 Å². The molecule has 0 radical (unpaired) electrons. The van der Waals surface area contributed by atoms with Gasteiger partial charge in [-0.2, -0.15) is 0 Å². The summed E-state index contributed by atoms with van der Waals surface area (Å²) in [6.07, 6.45) is 9.37. The molecular formula is C15H28O. The molecule has 1 heteroatoms. The Hall–Kier alpha value is -0.0400. The molecule has 2 aliphatic rings. The first-order valence-corrected chi connectivity index (χ1v) is 7.11. The summed E-state index contributed by atoms with van der Waals surface area (Å²) in [6, 6.07) is 0. The van der Waals surface area contributed by atoms with Crippen LogP contribution in [0.15, 0.2) is 0 Å². The Labute approximate surface area is 101 Å². The third-order valence-electron chi connectivity index (χ3n) is 5.73. The Kier molecular flexibility index (Phi) is 3.36. The summed E-state index contributed by atoms with van der Waals surface area (Å²) < 4.78 is 0. The molecule has 3 atom stereocenters. The van der Waals surface area contributed by atoms with Gasteiger partial charge in [0.05, 0.1) is 0 Å². The minimum Gasteiger partial charge on any atom is -0.396 e. The highest BCUT2D eigenvalue weighted by atomic mass is 16.3. The second-order valence-electron chi connectivity index (χ2n) is 7.04. The predicted octanol–water partition coefficient (Wildman–Crippen LogP) is 4.00. The van der Waals surface area contributed by atoms with Crippen molar-refractivity contribution in [1.82, 2.24) is 0 Å². The quantitative estimate of drug-likeness (QED) is 0.751. The van der Waals surface area contributed by atoms with Crippen LogP contribution in [0, 0.1) is 22.7 Å². The van der Waals surface area contributed by atoms with E-state index in [-0.39, 0.29) is 0 Å². The van der Waals surface area contributed by atoms with Crippen LogP contribution in [0.25, 0.3) is 0 Å². The maximum Gasteiger partial charge on any atom is 0.0433 e. The van der Waals surface area contributed by atoms with Crippen molar-refractivity contribution in [2.24, 2.45) is 22.7 Å². The topological polar surface area (TPSA) is 20.2 Å². The maximum absolute atomic E-state index is 9.25. The molecule has 0 aromatic carbocycles. The van der Waals surface area contributed by atoms with Gasteiger partial charge >= 0.3 is 0 Å². The van der Waals surface area contributed by atoms with Gasteiger partial charge in [-0.15, -0.1) is 0 Å². The van der Waals surface area contributed by atoms with Crippen LogP contribution < -0.4 is 0 Å². The SMILES string of the molecule is CC1(C)CCCC2(C)C(CCO)CCCC12. The molecule has 2 rings (SSSR count). The van der Waals surface area contributed by atoms with Gasteiger partial charge in [-0.3, -0.25) is 0 Å². The molecule has 1 nitrogen and oxygen atoms in total. The molecule has 3 unspecified atom stereocenters. The van der Waals surface area contributed by atoms with Crippen molar-refractivity contribution in [3.63, 3.8) is 0 Å². The second-order valence-corrected chi connectivity index (χ2v) is 7.04. The van der Waals surface area contributed by atoms with E-state index in [0.29, 0.717) is 17.4 Å². The molecule has 0 aromatic rings. The van der Waals surface area contributed by atoms with Crippen LogP contribution in [-0.2, 0) is 0 Å². The lowest BCUT2D eigenvalue weighted by Crippen LogP contribution is -2.48. The van der Waals surface area contributed by atoms with Crippen LogP contribution in [0.4, 0.5) is 0 Å². The molecule has 0 aromatic heterocycles. The fraction of sp³-hybridized carbons (Fsp3) is 1.00. The van der Waals surface area contributed by atoms with Crippen molar-refractivity contribution in [1.29, 1.82) is 0 Å². The number of aliphatic hydroxyl groups is 1. The molecule has 2 fully saturated rings. The van der Waals surface area contributed by atoms with Crippen molar-refractivity contribution < 1.29 is 5.11 Å². The predicted molar refractivity (Wildman–Crippen MR) is 68.3 cm³/mol. The zero-order valence-electron chi connectivity index (χ0n) is 11.3. The molecule has 0 heterocycles. The number of hydrogen-bond acceptors (Lipinski definition) is 1. The van der Waals surface area contributed by atoms with E-state index in [4.69, 9.17) is 0 Å². The first kappa shape index (κ1) is 12.4. The van der Waals surface area contributed by atoms with E-state index in [1.54, 1.807) is 0 Å². The Morgan fingerprint density at radius 1 is 1.06 bits per heavy atom. The summed E-state index contributed by atoms with van der Waals surface area (Å²) in [5.74, 6) is 1.66. The van der Waals surface area contributed by atoms with Gasteiger partial charge < -0.3 is 5.11 Å². The first-order chi connectivity index (χ1) is 7.50. The third kappa shape index (κ3) is 1.92. The van der Waals surface area contributed by atoms with E-state index in [0.717, 1.165) is 18.3 Å². The fourth-order valence-corrected chi connectivity index (χ4v) is 4.90. The van der Waals surface area contributed by atoms with Gasteiger partial charge in [0, 0.05) is 6.61 Å². The summed E-state index contributed by atoms with van der Waals surface area (Å²) in [4.78, 5) is 0. The Morgan fingerprint density at radius 2 is 1.81 bits per heavy atom. The Balaban J connectivity index is 2.22. The molecule has 16 heavy (non-hydrogen) atoms. The molecule has 0 saturated heterocycles. The monoisotopic (exact) mass is 224 g/mol. The molecule has 1 N–H and O–H groups in total. The van der Waals surface area contributed by atoms with Gasteiger partial charge in [0.25, 0.3) is 0 Å². The average Bonchev–Trinajstić information content (AvgIpc) is 2.20. The molecule has 94 valence electrons. The number of aliphatic hydroxyl groups excluding tert-OH is 1. The van der Waals surface area contributed by atoms with Crippen LogP contribution in [0.2, 0.25) is 0 Å². The minimum absolute atomic E-state index is 0.382. The summed E-state index contributed by atoms with van der Waals surface area (Å²) in [6.45, 7) is 7.83. The molecule has 2 saturated carbocycles. The fourth-order valence-electron chi connectivity index (χ4n) is 4.90. The summed E-state index contributed by atoms with van der Waals surface area (Å²) in [5, 5.41) is 9.25. The van der Waals surface area contributed by atoms with E-state index >= 15 is 0 Å². The Morgan fingerprint density at radius 3 is 2.50 bits per heavy atom. The lowest BCUT2D eigenvalue weighted by atomic mass is 9.48. The van der Waals surface area contributed by atoms with Crippen molar-refractivity contribution >= 4 is 0 Å². The highest BCUT2D eigenvalue weighted by Crippen LogP contribution is 2.60. The molecule has 0 amide bonds. The lowest BCUT2D eigenvalue weighted by Gasteiger charge is -2.57. The average molecular weight is 224 g/mol. The molecule has 0 spiro atoms. The lowest BCUT2D eigenvalue weighted by molar-refractivity contribution is -0.0781. The highest BCUT2D eigenvalue weighted by molar-refractivity contribution is 5.00. The van der Waals surface area contributed by atoms with Crippen LogP contribution in [0.1, 0.15) is 65.7 Å². The number of fused-ring (bicyclic) bond motifs is 1. The van der Waals surface area contributed by atoms with E-state index in [1.165, 1.54) is 38.5 Å². The normalized spacial score (nSPS) is 42.8. The van der Waals surface area contributed by atoms with Crippen LogP contribution >= 0.6 is 0 Å². The van der Waals surface area contributed by atoms with E-state index in [2.05, 4.69) is 20.8 Å². The Bertz CT molecular complexity index is 244. The van der Waals surface area contributed by atoms with E-state index < -0.39 is 0 Å². The first-order valence-electron chi connectivity index (χ1n) is 7.11. The smallest absolute Gasteiger partial charge is 0.0433 e. The minimum atomic E-state index is 0.382. The third-order valence-corrected chi connectivity index (χ3v) is 5.73. The zero-order chi connectivity index (χ0) is 11.8. The number of hydrogen-bond donors (Lipinski definition) is 1. The maximum atomic E-state index is 9.25. The van der Waals surface area contributed by atoms with Gasteiger partial charge in [0.1, 0.15) is 0 Å². The number of rotatable bonds is 2. The van der Waals surface area contributed by atoms with Gasteiger partial charge in [-0.05, 0) is 54.8 Å². The van der Waals surface area contributed by atoms with Gasteiger partial charge in [-0.1, -0.05) is 33.6 Å². The largest absolute Gasteiger partial charge is 0.396 e. The van der Waals surface area contributed by atoms with Gasteiger partial charge in [0.2, 0.25) is 0 Å². The van der Waals surface area contributed by atoms with Crippen molar-refractivity contribution in [3.05, 3.63) is 0 Å². The summed E-state index contributed by atoms with van der Waals surface area (Å²) in [5.41, 5.74) is 1.05. The standard InChI is InChI=1S/C15H28O/c1-14(2)9-5-10-15(3)12(8-11-16)6-4-7-13(14)15/h12-13,16H,4-11H2,1-3H3. The summed E-state index contributed by atoms with van der Waals surface area (Å²) in [7, 11) is 0. The summed E-state index contributed by atoms with van der Waals surface area (Å²) >= 11 is 0. The molecule has 0 aliphatic heterocycles. The van der Waals surface area contributed by atoms with E-state index in [1.807, 2.05) is 0 Å². The second kappa shape index (κ2) is 4.33. The van der Waals surface area contributed by atoms with Gasteiger partial charge in [0.15, 0.2) is 0 Å². The van der Waals surface area contributed by atoms with Crippen LogP contribution in [0.5, 0.6) is 0 Å². The van der Waals surface area contributed by atoms with Gasteiger partial charge in [-0.25, -0.2) is 0 Å². The van der Waals surface area contributed by atoms with Crippen molar-refractivity contribution in [2.45, 2.75) is 65.7 Å². The molecule has 0 bridgehead atoms. The highest BCUT2D eigenvalue weighted by Gasteiger charge is 2.51. The van der Waals surface area contributed by atoms with Crippen molar-refractivity contribution in [2.75, 3.05) is 6.61 Å². The zero-order valence-corrected chi connectivity index (χ0v) is 11.3. The molecular weight excluding hydrogens is 196 g/mol.